The van der Waals surface area contributed by atoms with Crippen LogP contribution in [0, 0.1) is 0 Å². The van der Waals surface area contributed by atoms with Crippen LogP contribution in [0.2, 0.25) is 0 Å². The smallest absolute Gasteiger partial charge is 0.251 e. The summed E-state index contributed by atoms with van der Waals surface area (Å²) in [7, 11) is 0. The van der Waals surface area contributed by atoms with Crippen LogP contribution in [-0.4, -0.2) is 24.9 Å². The van der Waals surface area contributed by atoms with Crippen LogP contribution in [0.25, 0.3) is 0 Å². The number of nitrogens with zero attached hydrogens (tertiary/aromatic N) is 1. The summed E-state index contributed by atoms with van der Waals surface area (Å²) < 4.78 is 0. The van der Waals surface area contributed by atoms with E-state index in [0.29, 0.717) is 18.5 Å². The molecule has 4 nitrogen and oxygen atoms in total. The standard InChI is InChI=1S/C15H16N2O2/c1-2-5-16-15(19)12-7-10-4-3-6-17-13(18)9-11(8-12)14(10)17/h2,7-8H,1,3-6,9H2,(H,16,19). The van der Waals surface area contributed by atoms with Crippen molar-refractivity contribution in [3.63, 3.8) is 0 Å². The molecule has 4 heteroatoms. The van der Waals surface area contributed by atoms with Gasteiger partial charge in [-0.05, 0) is 36.1 Å². The van der Waals surface area contributed by atoms with Gasteiger partial charge in [0, 0.05) is 18.7 Å². The molecule has 0 saturated carbocycles. The predicted octanol–water partition coefficient (Wildman–Crippen LogP) is 1.44. The van der Waals surface area contributed by atoms with E-state index in [1.54, 1.807) is 6.08 Å². The second-order valence-corrected chi connectivity index (χ2v) is 4.97. The molecule has 19 heavy (non-hydrogen) atoms. The Kier molecular flexibility index (Phi) is 2.85. The number of carbonyl (C=O) groups excluding carboxylic acids is 2. The van der Waals surface area contributed by atoms with Gasteiger partial charge in [0.2, 0.25) is 5.91 Å². The molecule has 1 aromatic rings. The van der Waals surface area contributed by atoms with Gasteiger partial charge in [0.15, 0.2) is 0 Å². The molecule has 0 bridgehead atoms. The van der Waals surface area contributed by atoms with Crippen LogP contribution in [0.4, 0.5) is 5.69 Å². The minimum atomic E-state index is -0.101. The van der Waals surface area contributed by atoms with E-state index in [1.165, 1.54) is 0 Å². The summed E-state index contributed by atoms with van der Waals surface area (Å²) >= 11 is 0. The van der Waals surface area contributed by atoms with Crippen LogP contribution < -0.4 is 10.2 Å². The number of amides is 2. The fraction of sp³-hybridized carbons (Fsp3) is 0.333. The third-order valence-corrected chi connectivity index (χ3v) is 3.68. The molecule has 2 aliphatic rings. The van der Waals surface area contributed by atoms with Gasteiger partial charge in [-0.3, -0.25) is 9.59 Å². The summed E-state index contributed by atoms with van der Waals surface area (Å²) in [6, 6.07) is 3.77. The largest absolute Gasteiger partial charge is 0.349 e. The van der Waals surface area contributed by atoms with E-state index in [2.05, 4.69) is 11.9 Å². The molecule has 98 valence electrons. The van der Waals surface area contributed by atoms with E-state index < -0.39 is 0 Å². The fourth-order valence-corrected chi connectivity index (χ4v) is 2.88. The van der Waals surface area contributed by atoms with Crippen molar-refractivity contribution in [3.8, 4) is 0 Å². The number of benzene rings is 1. The molecule has 0 fully saturated rings. The number of hydrogen-bond donors (Lipinski definition) is 1. The topological polar surface area (TPSA) is 49.4 Å². The van der Waals surface area contributed by atoms with Crippen molar-refractivity contribution in [1.29, 1.82) is 0 Å². The Morgan fingerprint density at radius 1 is 1.42 bits per heavy atom. The number of rotatable bonds is 3. The highest BCUT2D eigenvalue weighted by molar-refractivity contribution is 6.04. The molecule has 2 heterocycles. The zero-order valence-corrected chi connectivity index (χ0v) is 10.7. The first-order chi connectivity index (χ1) is 9.20. The predicted molar refractivity (Wildman–Crippen MR) is 73.4 cm³/mol. The summed E-state index contributed by atoms with van der Waals surface area (Å²) in [5.74, 6) is 0.0509. The Morgan fingerprint density at radius 3 is 3.00 bits per heavy atom. The zero-order valence-electron chi connectivity index (χ0n) is 10.7. The normalized spacial score (nSPS) is 16.2. The minimum absolute atomic E-state index is 0.101. The monoisotopic (exact) mass is 256 g/mol. The van der Waals surface area contributed by atoms with E-state index >= 15 is 0 Å². The molecular weight excluding hydrogens is 240 g/mol. The molecule has 0 atom stereocenters. The maximum absolute atomic E-state index is 12.0. The van der Waals surface area contributed by atoms with Crippen LogP contribution >= 0.6 is 0 Å². The number of aryl methyl sites for hydroxylation is 1. The number of hydrogen-bond acceptors (Lipinski definition) is 2. The Labute approximate surface area is 112 Å². The van der Waals surface area contributed by atoms with Gasteiger partial charge in [-0.15, -0.1) is 6.58 Å². The van der Waals surface area contributed by atoms with Gasteiger partial charge in [-0.2, -0.15) is 0 Å². The van der Waals surface area contributed by atoms with Crippen molar-refractivity contribution in [2.75, 3.05) is 18.0 Å². The number of nitrogens with one attached hydrogen (secondary N) is 1. The van der Waals surface area contributed by atoms with Gasteiger partial charge in [-0.1, -0.05) is 6.08 Å². The van der Waals surface area contributed by atoms with E-state index in [9.17, 15) is 9.59 Å². The van der Waals surface area contributed by atoms with Gasteiger partial charge < -0.3 is 10.2 Å². The lowest BCUT2D eigenvalue weighted by atomic mass is 9.96. The first-order valence-electron chi connectivity index (χ1n) is 6.56. The third-order valence-electron chi connectivity index (χ3n) is 3.68. The second-order valence-electron chi connectivity index (χ2n) is 4.97. The van der Waals surface area contributed by atoms with E-state index in [1.807, 2.05) is 17.0 Å². The second kappa shape index (κ2) is 4.53. The molecule has 0 radical (unpaired) electrons. The summed E-state index contributed by atoms with van der Waals surface area (Å²) in [5, 5.41) is 2.78. The molecule has 2 aliphatic heterocycles. The van der Waals surface area contributed by atoms with Crippen LogP contribution in [0.5, 0.6) is 0 Å². The maximum atomic E-state index is 12.0. The number of anilines is 1. The van der Waals surface area contributed by atoms with Crippen molar-refractivity contribution in [2.45, 2.75) is 19.3 Å². The molecular formula is C15H16N2O2. The molecule has 0 saturated heterocycles. The van der Waals surface area contributed by atoms with E-state index in [4.69, 9.17) is 0 Å². The van der Waals surface area contributed by atoms with Crippen LogP contribution in [0.15, 0.2) is 24.8 Å². The third kappa shape index (κ3) is 1.93. The zero-order chi connectivity index (χ0) is 13.4. The molecule has 2 amide bonds. The molecule has 0 spiro atoms. The summed E-state index contributed by atoms with van der Waals surface area (Å²) in [4.78, 5) is 25.8. The van der Waals surface area contributed by atoms with Crippen molar-refractivity contribution in [1.82, 2.24) is 5.32 Å². The first kappa shape index (κ1) is 12.0. The average Bonchev–Trinajstić information content (AvgIpc) is 2.74. The van der Waals surface area contributed by atoms with Crippen molar-refractivity contribution >= 4 is 17.5 Å². The Bertz CT molecular complexity index is 578. The fourth-order valence-electron chi connectivity index (χ4n) is 2.88. The first-order valence-corrected chi connectivity index (χ1v) is 6.56. The number of carbonyl (C=O) groups is 2. The van der Waals surface area contributed by atoms with Gasteiger partial charge in [0.25, 0.3) is 5.91 Å². The lowest BCUT2D eigenvalue weighted by Gasteiger charge is -2.25. The quantitative estimate of drug-likeness (QED) is 0.832. The minimum Gasteiger partial charge on any atom is -0.349 e. The Balaban J connectivity index is 1.99. The molecule has 0 aliphatic carbocycles. The highest BCUT2D eigenvalue weighted by atomic mass is 16.2. The highest BCUT2D eigenvalue weighted by Gasteiger charge is 2.32. The van der Waals surface area contributed by atoms with Crippen LogP contribution in [-0.2, 0) is 17.6 Å². The average molecular weight is 256 g/mol. The summed E-state index contributed by atoms with van der Waals surface area (Å²) in [6.45, 7) is 4.84. The van der Waals surface area contributed by atoms with Gasteiger partial charge in [-0.25, -0.2) is 0 Å². The summed E-state index contributed by atoms with van der Waals surface area (Å²) in [6.07, 6.45) is 3.98. The molecule has 1 N–H and O–H groups in total. The molecule has 0 unspecified atom stereocenters. The maximum Gasteiger partial charge on any atom is 0.251 e. The van der Waals surface area contributed by atoms with Gasteiger partial charge in [0.05, 0.1) is 12.1 Å². The molecule has 0 aromatic heterocycles. The van der Waals surface area contributed by atoms with Crippen LogP contribution in [0.3, 0.4) is 0 Å². The molecule has 3 rings (SSSR count). The molecule has 1 aromatic carbocycles. The van der Waals surface area contributed by atoms with Crippen molar-refractivity contribution < 1.29 is 9.59 Å². The van der Waals surface area contributed by atoms with E-state index in [0.717, 1.165) is 36.2 Å². The summed E-state index contributed by atoms with van der Waals surface area (Å²) in [5.41, 5.74) is 3.81. The van der Waals surface area contributed by atoms with Crippen molar-refractivity contribution in [2.24, 2.45) is 0 Å². The van der Waals surface area contributed by atoms with Gasteiger partial charge in [0.1, 0.15) is 0 Å². The SMILES string of the molecule is C=CCNC(=O)c1cc2c3c(c1)CC(=O)N3CCC2. The van der Waals surface area contributed by atoms with Crippen molar-refractivity contribution in [3.05, 3.63) is 41.5 Å². The van der Waals surface area contributed by atoms with Gasteiger partial charge >= 0.3 is 0 Å². The Hall–Kier alpha value is -2.10. The lowest BCUT2D eigenvalue weighted by Crippen LogP contribution is -2.31. The highest BCUT2D eigenvalue weighted by Crippen LogP contribution is 2.37. The van der Waals surface area contributed by atoms with E-state index in [-0.39, 0.29) is 11.8 Å². The lowest BCUT2D eigenvalue weighted by molar-refractivity contribution is -0.117. The van der Waals surface area contributed by atoms with Crippen LogP contribution in [0.1, 0.15) is 27.9 Å². The Morgan fingerprint density at radius 2 is 2.21 bits per heavy atom.